The van der Waals surface area contributed by atoms with Gasteiger partial charge in [0.05, 0.1) is 37.7 Å². The number of para-hydroxylation sites is 3. The molecule has 1 N–H and O–H groups in total. The summed E-state index contributed by atoms with van der Waals surface area (Å²) in [6.07, 6.45) is 5.33. The van der Waals surface area contributed by atoms with Crippen LogP contribution in [0, 0.1) is 0 Å². The fraction of sp³-hybridized carbons (Fsp3) is 0.391. The molecule has 0 aliphatic heterocycles. The Hall–Kier alpha value is -3.22. The summed E-state index contributed by atoms with van der Waals surface area (Å²) in [5.74, 6) is 1.97. The molecule has 0 saturated heterocycles. The number of amides is 1. The Labute approximate surface area is 176 Å². The summed E-state index contributed by atoms with van der Waals surface area (Å²) in [6, 6.07) is 13.6. The van der Waals surface area contributed by atoms with Crippen molar-refractivity contribution < 1.29 is 19.0 Å². The third-order valence-corrected chi connectivity index (χ3v) is 5.54. The van der Waals surface area contributed by atoms with Gasteiger partial charge in [-0.05, 0) is 49.9 Å². The molecule has 1 amide bonds. The fourth-order valence-electron chi connectivity index (χ4n) is 4.02. The molecule has 0 radical (unpaired) electrons. The fourth-order valence-corrected chi connectivity index (χ4v) is 4.02. The quantitative estimate of drug-likeness (QED) is 0.646. The molecule has 0 unspecified atom stereocenters. The van der Waals surface area contributed by atoms with E-state index in [1.807, 2.05) is 47.0 Å². The van der Waals surface area contributed by atoms with Gasteiger partial charge in [0.15, 0.2) is 11.5 Å². The van der Waals surface area contributed by atoms with Gasteiger partial charge in [-0.1, -0.05) is 18.2 Å². The highest BCUT2D eigenvalue weighted by molar-refractivity contribution is 5.80. The minimum Gasteiger partial charge on any atom is -0.493 e. The van der Waals surface area contributed by atoms with Crippen molar-refractivity contribution in [1.29, 1.82) is 0 Å². The molecule has 0 spiro atoms. The standard InChI is InChI=1S/C23H27N3O4/c1-28-20-8-5-9-21(23(20)29-2)30-17-12-10-16(11-13-17)25-22(27)14-26-15-24-18-6-3-4-7-19(18)26/h3-9,15-17H,10-14H2,1-2H3,(H,25,27). The number of fused-ring (bicyclic) bond motifs is 1. The van der Waals surface area contributed by atoms with Crippen LogP contribution in [0.5, 0.6) is 17.2 Å². The van der Waals surface area contributed by atoms with Crippen LogP contribution in [0.4, 0.5) is 0 Å². The highest BCUT2D eigenvalue weighted by atomic mass is 16.5. The molecule has 7 nitrogen and oxygen atoms in total. The molecule has 3 aromatic rings. The van der Waals surface area contributed by atoms with Crippen molar-refractivity contribution in [2.45, 2.75) is 44.4 Å². The second-order valence-electron chi connectivity index (χ2n) is 7.51. The maximum atomic E-state index is 12.5. The minimum atomic E-state index is 0.0111. The number of methoxy groups -OCH3 is 2. The molecule has 1 aliphatic rings. The van der Waals surface area contributed by atoms with Gasteiger partial charge in [0, 0.05) is 6.04 Å². The van der Waals surface area contributed by atoms with Crippen LogP contribution in [-0.2, 0) is 11.3 Å². The number of nitrogens with one attached hydrogen (secondary N) is 1. The van der Waals surface area contributed by atoms with E-state index in [1.165, 1.54) is 0 Å². The summed E-state index contributed by atoms with van der Waals surface area (Å²) in [5, 5.41) is 3.16. The van der Waals surface area contributed by atoms with Gasteiger partial charge in [-0.3, -0.25) is 4.79 Å². The molecular weight excluding hydrogens is 382 g/mol. The highest BCUT2D eigenvalue weighted by Gasteiger charge is 2.25. The first kappa shape index (κ1) is 20.1. The normalized spacial score (nSPS) is 18.7. The van der Waals surface area contributed by atoms with Crippen LogP contribution in [0.15, 0.2) is 48.8 Å². The minimum absolute atomic E-state index is 0.0111. The molecule has 0 bridgehead atoms. The molecular formula is C23H27N3O4. The van der Waals surface area contributed by atoms with Crippen LogP contribution in [0.2, 0.25) is 0 Å². The van der Waals surface area contributed by atoms with Gasteiger partial charge in [0.25, 0.3) is 0 Å². The maximum Gasteiger partial charge on any atom is 0.240 e. The van der Waals surface area contributed by atoms with Crippen molar-refractivity contribution in [2.75, 3.05) is 14.2 Å². The van der Waals surface area contributed by atoms with E-state index >= 15 is 0 Å². The topological polar surface area (TPSA) is 74.6 Å². The van der Waals surface area contributed by atoms with Gasteiger partial charge in [0.2, 0.25) is 11.7 Å². The monoisotopic (exact) mass is 409 g/mol. The van der Waals surface area contributed by atoms with Gasteiger partial charge >= 0.3 is 0 Å². The number of imidazole rings is 1. The summed E-state index contributed by atoms with van der Waals surface area (Å²) in [7, 11) is 3.22. The number of benzene rings is 2. The molecule has 1 heterocycles. The van der Waals surface area contributed by atoms with Gasteiger partial charge in [0.1, 0.15) is 6.54 Å². The van der Waals surface area contributed by atoms with Crippen molar-refractivity contribution in [3.05, 3.63) is 48.8 Å². The zero-order chi connectivity index (χ0) is 20.9. The van der Waals surface area contributed by atoms with E-state index in [4.69, 9.17) is 14.2 Å². The average molecular weight is 409 g/mol. The number of hydrogen-bond donors (Lipinski definition) is 1. The van der Waals surface area contributed by atoms with E-state index in [9.17, 15) is 4.79 Å². The Balaban J connectivity index is 1.29. The first-order valence-electron chi connectivity index (χ1n) is 10.2. The molecule has 1 fully saturated rings. The number of ether oxygens (including phenoxy) is 3. The summed E-state index contributed by atoms with van der Waals surface area (Å²) >= 11 is 0. The lowest BCUT2D eigenvalue weighted by atomic mass is 9.93. The van der Waals surface area contributed by atoms with Crippen molar-refractivity contribution in [3.63, 3.8) is 0 Å². The second-order valence-corrected chi connectivity index (χ2v) is 7.51. The van der Waals surface area contributed by atoms with Crippen molar-refractivity contribution >= 4 is 16.9 Å². The summed E-state index contributed by atoms with van der Waals surface area (Å²) in [5.41, 5.74) is 1.87. The van der Waals surface area contributed by atoms with E-state index in [-0.39, 0.29) is 24.6 Å². The highest BCUT2D eigenvalue weighted by Crippen LogP contribution is 2.38. The Kier molecular flexibility index (Phi) is 6.07. The third-order valence-electron chi connectivity index (χ3n) is 5.54. The molecule has 7 heteroatoms. The number of aromatic nitrogens is 2. The zero-order valence-electron chi connectivity index (χ0n) is 17.3. The van der Waals surface area contributed by atoms with E-state index in [1.54, 1.807) is 20.5 Å². The molecule has 2 aromatic carbocycles. The Bertz CT molecular complexity index is 1010. The predicted octanol–water partition coefficient (Wildman–Crippen LogP) is 3.56. The van der Waals surface area contributed by atoms with Crippen LogP contribution in [0.1, 0.15) is 25.7 Å². The van der Waals surface area contributed by atoms with E-state index in [0.29, 0.717) is 17.2 Å². The number of carbonyl (C=O) groups is 1. The van der Waals surface area contributed by atoms with Gasteiger partial charge in [-0.2, -0.15) is 0 Å². The lowest BCUT2D eigenvalue weighted by Crippen LogP contribution is -2.41. The summed E-state index contributed by atoms with van der Waals surface area (Å²) < 4.78 is 18.8. The number of carbonyl (C=O) groups excluding carboxylic acids is 1. The molecule has 4 rings (SSSR count). The van der Waals surface area contributed by atoms with Crippen LogP contribution >= 0.6 is 0 Å². The SMILES string of the molecule is COc1cccc(OC2CCC(NC(=O)Cn3cnc4ccccc43)CC2)c1OC. The summed E-state index contributed by atoms with van der Waals surface area (Å²) in [4.78, 5) is 16.9. The predicted molar refractivity (Wildman–Crippen MR) is 114 cm³/mol. The smallest absolute Gasteiger partial charge is 0.240 e. The van der Waals surface area contributed by atoms with Crippen LogP contribution in [0.25, 0.3) is 11.0 Å². The van der Waals surface area contributed by atoms with Crippen LogP contribution < -0.4 is 19.5 Å². The van der Waals surface area contributed by atoms with E-state index < -0.39 is 0 Å². The molecule has 1 aromatic heterocycles. The molecule has 30 heavy (non-hydrogen) atoms. The number of rotatable bonds is 7. The molecule has 1 saturated carbocycles. The summed E-state index contributed by atoms with van der Waals surface area (Å²) in [6.45, 7) is 0.276. The Morgan fingerprint density at radius 2 is 1.80 bits per heavy atom. The zero-order valence-corrected chi connectivity index (χ0v) is 17.3. The van der Waals surface area contributed by atoms with E-state index in [2.05, 4.69) is 10.3 Å². The van der Waals surface area contributed by atoms with Gasteiger partial charge in [-0.25, -0.2) is 4.98 Å². The second kappa shape index (κ2) is 9.07. The third kappa shape index (κ3) is 4.35. The van der Waals surface area contributed by atoms with Crippen molar-refractivity contribution in [2.24, 2.45) is 0 Å². The Morgan fingerprint density at radius 1 is 1.03 bits per heavy atom. The lowest BCUT2D eigenvalue weighted by molar-refractivity contribution is -0.122. The first-order valence-corrected chi connectivity index (χ1v) is 10.2. The van der Waals surface area contributed by atoms with Gasteiger partial charge < -0.3 is 24.1 Å². The first-order chi connectivity index (χ1) is 14.7. The molecule has 1 aliphatic carbocycles. The van der Waals surface area contributed by atoms with Gasteiger partial charge in [-0.15, -0.1) is 0 Å². The lowest BCUT2D eigenvalue weighted by Gasteiger charge is -2.30. The maximum absolute atomic E-state index is 12.5. The molecule has 158 valence electrons. The van der Waals surface area contributed by atoms with Crippen LogP contribution in [0.3, 0.4) is 0 Å². The van der Waals surface area contributed by atoms with E-state index in [0.717, 1.165) is 36.7 Å². The van der Waals surface area contributed by atoms with Crippen molar-refractivity contribution in [1.82, 2.24) is 14.9 Å². The Morgan fingerprint density at radius 3 is 2.57 bits per heavy atom. The van der Waals surface area contributed by atoms with Crippen molar-refractivity contribution in [3.8, 4) is 17.2 Å². The molecule has 0 atom stereocenters. The number of nitrogens with zero attached hydrogens (tertiary/aromatic N) is 2. The average Bonchev–Trinajstić information content (AvgIpc) is 3.17. The number of hydrogen-bond acceptors (Lipinski definition) is 5. The van der Waals surface area contributed by atoms with Crippen LogP contribution in [-0.4, -0.2) is 41.8 Å². The largest absolute Gasteiger partial charge is 0.493 e.